The average Bonchev–Trinajstić information content (AvgIpc) is 2.84. The molecule has 108 valence electrons. The van der Waals surface area contributed by atoms with Crippen molar-refractivity contribution in [3.8, 4) is 0 Å². The fraction of sp³-hybridized carbons (Fsp3) is 0.467. The van der Waals surface area contributed by atoms with Crippen LogP contribution >= 0.6 is 0 Å². The Kier molecular flexibility index (Phi) is 3.97. The van der Waals surface area contributed by atoms with Crippen molar-refractivity contribution in [3.63, 3.8) is 0 Å². The topological polar surface area (TPSA) is 60.9 Å². The molecule has 20 heavy (non-hydrogen) atoms. The number of carboxylic acids is 1. The van der Waals surface area contributed by atoms with Gasteiger partial charge in [-0.25, -0.2) is 9.59 Å². The Balaban J connectivity index is 2.36. The molecule has 1 aliphatic rings. The summed E-state index contributed by atoms with van der Waals surface area (Å²) in [4.78, 5) is 27.1. The maximum atomic E-state index is 12.6. The Labute approximate surface area is 118 Å². The van der Waals surface area contributed by atoms with Crippen LogP contribution in [0.25, 0.3) is 0 Å². The van der Waals surface area contributed by atoms with Gasteiger partial charge in [0.05, 0.1) is 0 Å². The molecular weight excluding hydrogens is 256 g/mol. The Morgan fingerprint density at radius 1 is 1.45 bits per heavy atom. The summed E-state index contributed by atoms with van der Waals surface area (Å²) in [5, 5.41) is 9.37. The second-order valence-electron chi connectivity index (χ2n) is 5.21. The Bertz CT molecular complexity index is 530. The molecule has 0 fully saturated rings. The van der Waals surface area contributed by atoms with Crippen LogP contribution in [0.1, 0.15) is 25.8 Å². The number of para-hydroxylation sites is 1. The van der Waals surface area contributed by atoms with Gasteiger partial charge in [-0.05, 0) is 25.0 Å². The minimum Gasteiger partial charge on any atom is -0.480 e. The number of anilines is 1. The number of carbonyl (C=O) groups is 2. The number of carbonyl (C=O) groups excluding carboxylic acids is 1. The van der Waals surface area contributed by atoms with E-state index < -0.39 is 12.0 Å². The molecule has 5 nitrogen and oxygen atoms in total. The van der Waals surface area contributed by atoms with Crippen molar-refractivity contribution in [2.45, 2.75) is 38.8 Å². The Morgan fingerprint density at radius 3 is 2.70 bits per heavy atom. The van der Waals surface area contributed by atoms with E-state index in [-0.39, 0.29) is 12.1 Å². The third kappa shape index (κ3) is 2.35. The summed E-state index contributed by atoms with van der Waals surface area (Å²) in [5.74, 6) is -0.966. The van der Waals surface area contributed by atoms with E-state index in [2.05, 4.69) is 0 Å². The lowest BCUT2D eigenvalue weighted by Crippen LogP contribution is -2.50. The van der Waals surface area contributed by atoms with Crippen molar-refractivity contribution in [2.24, 2.45) is 0 Å². The number of nitrogens with zero attached hydrogens (tertiary/aromatic N) is 2. The first kappa shape index (κ1) is 14.4. The summed E-state index contributed by atoms with van der Waals surface area (Å²) < 4.78 is 0. The number of benzene rings is 1. The van der Waals surface area contributed by atoms with Gasteiger partial charge in [-0.15, -0.1) is 0 Å². The lowest BCUT2D eigenvalue weighted by molar-refractivity contribution is -0.138. The SMILES string of the molecule is CCC(C)N(C)C(=O)N1c2ccccc2C[C@H]1C(=O)O. The van der Waals surface area contributed by atoms with E-state index in [4.69, 9.17) is 0 Å². The highest BCUT2D eigenvalue weighted by Crippen LogP contribution is 2.33. The average molecular weight is 276 g/mol. The van der Waals surface area contributed by atoms with E-state index in [0.29, 0.717) is 12.1 Å². The van der Waals surface area contributed by atoms with E-state index in [1.807, 2.05) is 32.0 Å². The molecule has 0 radical (unpaired) electrons. The molecule has 0 bridgehead atoms. The quantitative estimate of drug-likeness (QED) is 0.921. The summed E-state index contributed by atoms with van der Waals surface area (Å²) in [5.41, 5.74) is 1.62. The molecule has 2 rings (SSSR count). The van der Waals surface area contributed by atoms with E-state index in [0.717, 1.165) is 12.0 Å². The zero-order chi connectivity index (χ0) is 14.9. The Morgan fingerprint density at radius 2 is 2.10 bits per heavy atom. The number of urea groups is 1. The van der Waals surface area contributed by atoms with E-state index in [1.54, 1.807) is 18.0 Å². The van der Waals surface area contributed by atoms with Gasteiger partial charge in [0, 0.05) is 25.2 Å². The zero-order valence-electron chi connectivity index (χ0n) is 12.0. The number of aliphatic carboxylic acids is 1. The molecule has 1 N–H and O–H groups in total. The van der Waals surface area contributed by atoms with Crippen molar-refractivity contribution in [3.05, 3.63) is 29.8 Å². The van der Waals surface area contributed by atoms with E-state index in [9.17, 15) is 14.7 Å². The molecule has 0 saturated carbocycles. The highest BCUT2D eigenvalue weighted by atomic mass is 16.4. The van der Waals surface area contributed by atoms with Gasteiger partial charge < -0.3 is 10.0 Å². The summed E-state index contributed by atoms with van der Waals surface area (Å²) >= 11 is 0. The first-order chi connectivity index (χ1) is 9.47. The molecule has 2 atom stereocenters. The predicted molar refractivity (Wildman–Crippen MR) is 77.0 cm³/mol. The van der Waals surface area contributed by atoms with Gasteiger partial charge in [0.1, 0.15) is 6.04 Å². The molecule has 5 heteroatoms. The van der Waals surface area contributed by atoms with Gasteiger partial charge in [-0.1, -0.05) is 25.1 Å². The molecule has 0 aromatic heterocycles. The van der Waals surface area contributed by atoms with Crippen LogP contribution in [0.2, 0.25) is 0 Å². The van der Waals surface area contributed by atoms with Crippen molar-refractivity contribution < 1.29 is 14.7 Å². The van der Waals surface area contributed by atoms with Crippen molar-refractivity contribution in [1.82, 2.24) is 4.90 Å². The van der Waals surface area contributed by atoms with Crippen LogP contribution in [0, 0.1) is 0 Å². The first-order valence-electron chi connectivity index (χ1n) is 6.84. The predicted octanol–water partition coefficient (Wildman–Crippen LogP) is 2.35. The molecular formula is C15H20N2O3. The highest BCUT2D eigenvalue weighted by Gasteiger charge is 2.39. The van der Waals surface area contributed by atoms with Crippen LogP contribution in [-0.2, 0) is 11.2 Å². The minimum atomic E-state index is -0.966. The third-order valence-corrected chi connectivity index (χ3v) is 4.02. The van der Waals surface area contributed by atoms with E-state index in [1.165, 1.54) is 4.90 Å². The van der Waals surface area contributed by atoms with Gasteiger partial charge in [0.2, 0.25) is 0 Å². The summed E-state index contributed by atoms with van der Waals surface area (Å²) in [7, 11) is 1.72. The fourth-order valence-electron chi connectivity index (χ4n) is 2.45. The molecule has 0 spiro atoms. The highest BCUT2D eigenvalue weighted by molar-refractivity contribution is 6.01. The van der Waals surface area contributed by atoms with Gasteiger partial charge in [-0.2, -0.15) is 0 Å². The van der Waals surface area contributed by atoms with Crippen LogP contribution in [-0.4, -0.2) is 41.1 Å². The largest absolute Gasteiger partial charge is 0.480 e. The van der Waals surface area contributed by atoms with E-state index >= 15 is 0 Å². The molecule has 1 unspecified atom stereocenters. The van der Waals surface area contributed by atoms with Crippen molar-refractivity contribution in [2.75, 3.05) is 11.9 Å². The maximum absolute atomic E-state index is 12.6. The van der Waals surface area contributed by atoms with Crippen LogP contribution in [0.5, 0.6) is 0 Å². The summed E-state index contributed by atoms with van der Waals surface area (Å²) in [6, 6.07) is 6.38. The second-order valence-corrected chi connectivity index (χ2v) is 5.21. The van der Waals surface area contributed by atoms with Crippen LogP contribution < -0.4 is 4.90 Å². The third-order valence-electron chi connectivity index (χ3n) is 4.02. The number of hydrogen-bond acceptors (Lipinski definition) is 2. The molecule has 1 aliphatic heterocycles. The normalized spacial score (nSPS) is 18.6. The van der Waals surface area contributed by atoms with Gasteiger partial charge in [-0.3, -0.25) is 4.90 Å². The van der Waals surface area contributed by atoms with Gasteiger partial charge in [0.15, 0.2) is 0 Å². The number of amides is 2. The lowest BCUT2D eigenvalue weighted by atomic mass is 10.1. The van der Waals surface area contributed by atoms with Crippen molar-refractivity contribution in [1.29, 1.82) is 0 Å². The number of rotatable bonds is 3. The molecule has 1 aromatic rings. The molecule has 0 aliphatic carbocycles. The monoisotopic (exact) mass is 276 g/mol. The van der Waals surface area contributed by atoms with Crippen molar-refractivity contribution >= 4 is 17.7 Å². The number of hydrogen-bond donors (Lipinski definition) is 1. The summed E-state index contributed by atoms with van der Waals surface area (Å²) in [6.45, 7) is 3.96. The smallest absolute Gasteiger partial charge is 0.327 e. The van der Waals surface area contributed by atoms with Crippen LogP contribution in [0.15, 0.2) is 24.3 Å². The number of carboxylic acid groups (broad SMARTS) is 1. The van der Waals surface area contributed by atoms with Gasteiger partial charge in [0.25, 0.3) is 0 Å². The fourth-order valence-corrected chi connectivity index (χ4v) is 2.45. The Hall–Kier alpha value is -2.04. The van der Waals surface area contributed by atoms with Gasteiger partial charge >= 0.3 is 12.0 Å². The number of fused-ring (bicyclic) bond motifs is 1. The minimum absolute atomic E-state index is 0.0738. The maximum Gasteiger partial charge on any atom is 0.327 e. The standard InChI is InChI=1S/C15H20N2O3/c1-4-10(2)16(3)15(20)17-12-8-6-5-7-11(12)9-13(17)14(18)19/h5-8,10,13H,4,9H2,1-3H3,(H,18,19)/t10?,13-/m0/s1. The second kappa shape index (κ2) is 5.53. The molecule has 0 saturated heterocycles. The zero-order valence-corrected chi connectivity index (χ0v) is 12.0. The first-order valence-corrected chi connectivity index (χ1v) is 6.84. The lowest BCUT2D eigenvalue weighted by Gasteiger charge is -2.31. The van der Waals surface area contributed by atoms with Crippen LogP contribution in [0.3, 0.4) is 0 Å². The van der Waals surface area contributed by atoms with Crippen LogP contribution in [0.4, 0.5) is 10.5 Å². The summed E-state index contributed by atoms with van der Waals surface area (Å²) in [6.07, 6.45) is 1.20. The molecule has 1 heterocycles. The molecule has 2 amide bonds. The molecule has 1 aromatic carbocycles.